The van der Waals surface area contributed by atoms with Crippen LogP contribution in [0.1, 0.15) is 45.4 Å². The summed E-state index contributed by atoms with van der Waals surface area (Å²) in [5.41, 5.74) is 0. The van der Waals surface area contributed by atoms with Gasteiger partial charge in [0.05, 0.1) is 0 Å². The first kappa shape index (κ1) is 21.6. The number of nitrogens with one attached hydrogen (secondary N) is 3. The number of rotatable bonds is 2. The van der Waals surface area contributed by atoms with E-state index in [4.69, 9.17) is 11.2 Å². The molecule has 0 aromatic heterocycles. The van der Waals surface area contributed by atoms with Gasteiger partial charge in [0.15, 0.2) is 0 Å². The topological polar surface area (TPSA) is 39.3 Å². The molecule has 3 aliphatic heterocycles. The fraction of sp³-hybridized carbons (Fsp3) is 1.00. The van der Waals surface area contributed by atoms with E-state index in [1.54, 1.807) is 0 Å². The summed E-state index contributed by atoms with van der Waals surface area (Å²) in [5, 5.41) is 9.67. The third-order valence-electron chi connectivity index (χ3n) is 3.49. The Labute approximate surface area is 138 Å². The molecule has 0 aromatic rings. The van der Waals surface area contributed by atoms with Gasteiger partial charge in [0, 0.05) is 8.08 Å². The van der Waals surface area contributed by atoms with Crippen molar-refractivity contribution in [2.75, 3.05) is 52.9 Å². The van der Waals surface area contributed by atoms with Crippen molar-refractivity contribution >= 4 is 19.3 Å². The van der Waals surface area contributed by atoms with E-state index in [0.717, 1.165) is 6.54 Å². The van der Waals surface area contributed by atoms with Gasteiger partial charge in [-0.05, 0) is 91.4 Å². The highest BCUT2D eigenvalue weighted by atomic mass is 35.7. The molecule has 3 N–H and O–H groups in total. The molecule has 0 spiro atoms. The van der Waals surface area contributed by atoms with Crippen LogP contribution in [-0.4, -0.2) is 57.5 Å². The van der Waals surface area contributed by atoms with E-state index < -0.39 is 0 Å². The zero-order valence-corrected chi connectivity index (χ0v) is 15.8. The van der Waals surface area contributed by atoms with Gasteiger partial charge in [0.25, 0.3) is 0 Å². The van der Waals surface area contributed by atoms with Crippen LogP contribution >= 0.6 is 19.3 Å². The molecule has 0 aromatic carbocycles. The lowest BCUT2D eigenvalue weighted by Gasteiger charge is -2.04. The second-order valence-electron chi connectivity index (χ2n) is 5.47. The van der Waals surface area contributed by atoms with Gasteiger partial charge in [-0.15, -0.1) is 0 Å². The lowest BCUT2D eigenvalue weighted by Crippen LogP contribution is -2.03. The van der Waals surface area contributed by atoms with Crippen LogP contribution in [0.15, 0.2) is 0 Å². The maximum Gasteiger partial charge on any atom is 0.0475 e. The molecule has 0 amide bonds. The minimum absolute atomic E-state index is 0.437. The first-order chi connectivity index (χ1) is 10.3. The summed E-state index contributed by atoms with van der Waals surface area (Å²) in [5.74, 6) is 0. The standard InChI is InChI=1S/3C4H9N.C3H9ClNP/c3*1-2-4-5-3-1;1-3-5(2)6-4/h3*5H,1-4H2;6H,3H2,1-2H3. The molecule has 128 valence electrons. The van der Waals surface area contributed by atoms with Gasteiger partial charge in [0.2, 0.25) is 0 Å². The molecule has 0 radical (unpaired) electrons. The summed E-state index contributed by atoms with van der Waals surface area (Å²) in [7, 11) is 2.43. The average molecular weight is 339 g/mol. The molecule has 3 aliphatic rings. The van der Waals surface area contributed by atoms with Crippen LogP contribution in [0.2, 0.25) is 0 Å². The van der Waals surface area contributed by atoms with Crippen LogP contribution < -0.4 is 16.0 Å². The molecule has 0 aliphatic carbocycles. The minimum Gasteiger partial charge on any atom is -0.317 e. The van der Waals surface area contributed by atoms with Crippen molar-refractivity contribution in [2.45, 2.75) is 45.4 Å². The summed E-state index contributed by atoms with van der Waals surface area (Å²) < 4.78 is 2.04. The summed E-state index contributed by atoms with van der Waals surface area (Å²) >= 11 is 5.41. The third kappa shape index (κ3) is 18.5. The smallest absolute Gasteiger partial charge is 0.0475 e. The van der Waals surface area contributed by atoms with Crippen molar-refractivity contribution in [3.63, 3.8) is 0 Å². The lowest BCUT2D eigenvalue weighted by molar-refractivity contribution is 0.599. The van der Waals surface area contributed by atoms with E-state index >= 15 is 0 Å². The van der Waals surface area contributed by atoms with Crippen molar-refractivity contribution in [1.29, 1.82) is 0 Å². The minimum atomic E-state index is 0.437. The van der Waals surface area contributed by atoms with E-state index in [9.17, 15) is 0 Å². The average Bonchev–Trinajstić information content (AvgIpc) is 3.34. The molecule has 6 heteroatoms. The Morgan fingerprint density at radius 2 is 1.05 bits per heavy atom. The van der Waals surface area contributed by atoms with E-state index in [2.05, 4.69) is 22.9 Å². The first-order valence-electron chi connectivity index (χ1n) is 8.50. The maximum absolute atomic E-state index is 5.41. The molecule has 1 atom stereocenters. The monoisotopic (exact) mass is 338 g/mol. The molecule has 4 nitrogen and oxygen atoms in total. The van der Waals surface area contributed by atoms with Crippen molar-refractivity contribution in [3.05, 3.63) is 0 Å². The van der Waals surface area contributed by atoms with Gasteiger partial charge in [-0.3, -0.25) is 4.67 Å². The maximum atomic E-state index is 5.41. The Hall–Kier alpha value is 0.560. The summed E-state index contributed by atoms with van der Waals surface area (Å²) in [6.07, 6.45) is 8.33. The Bertz CT molecular complexity index is 136. The Morgan fingerprint density at radius 3 is 1.10 bits per heavy atom. The Balaban J connectivity index is 0.000000254. The van der Waals surface area contributed by atoms with Gasteiger partial charge in [-0.1, -0.05) is 18.2 Å². The molecule has 1 unspecified atom stereocenters. The number of halogens is 1. The summed E-state index contributed by atoms with van der Waals surface area (Å²) in [6, 6.07) is 0. The first-order valence-corrected chi connectivity index (χ1v) is 10.5. The molecule has 3 saturated heterocycles. The highest BCUT2D eigenvalue weighted by Crippen LogP contribution is 2.18. The number of nitrogens with zero attached hydrogens (tertiary/aromatic N) is 1. The van der Waals surface area contributed by atoms with E-state index in [-0.39, 0.29) is 0 Å². The molecule has 21 heavy (non-hydrogen) atoms. The highest BCUT2D eigenvalue weighted by molar-refractivity contribution is 7.66. The van der Waals surface area contributed by atoms with Crippen LogP contribution in [0.5, 0.6) is 0 Å². The molecule has 0 bridgehead atoms. The fourth-order valence-electron chi connectivity index (χ4n) is 1.93. The van der Waals surface area contributed by atoms with E-state index in [1.807, 2.05) is 11.7 Å². The van der Waals surface area contributed by atoms with Gasteiger partial charge < -0.3 is 16.0 Å². The second-order valence-corrected chi connectivity index (χ2v) is 6.91. The SMILES string of the molecule is C1CCNC1.C1CCNC1.C1CCNC1.CCN(C)PCl. The van der Waals surface area contributed by atoms with Crippen molar-refractivity contribution in [2.24, 2.45) is 0 Å². The van der Waals surface area contributed by atoms with Crippen molar-refractivity contribution < 1.29 is 0 Å². The van der Waals surface area contributed by atoms with E-state index in [1.165, 1.54) is 77.8 Å². The quantitative estimate of drug-likeness (QED) is 0.677. The zero-order chi connectivity index (χ0) is 15.6. The van der Waals surface area contributed by atoms with Gasteiger partial charge in [-0.2, -0.15) is 0 Å². The molecule has 3 fully saturated rings. The predicted molar refractivity (Wildman–Crippen MR) is 98.8 cm³/mol. The third-order valence-corrected chi connectivity index (χ3v) is 4.96. The normalized spacial score (nSPS) is 20.6. The number of hydrogen-bond acceptors (Lipinski definition) is 4. The van der Waals surface area contributed by atoms with Crippen LogP contribution in [0.4, 0.5) is 0 Å². The van der Waals surface area contributed by atoms with Gasteiger partial charge in [0.1, 0.15) is 0 Å². The second kappa shape index (κ2) is 18.6. The molecule has 3 rings (SSSR count). The van der Waals surface area contributed by atoms with Crippen LogP contribution in [0, 0.1) is 0 Å². The summed E-state index contributed by atoms with van der Waals surface area (Å²) in [4.78, 5) is 0. The van der Waals surface area contributed by atoms with Gasteiger partial charge >= 0.3 is 0 Å². The predicted octanol–water partition coefficient (Wildman–Crippen LogP) is 2.79. The molecule has 3 heterocycles. The van der Waals surface area contributed by atoms with Crippen LogP contribution in [0.25, 0.3) is 0 Å². The molecular formula is C15H36ClN4P. The van der Waals surface area contributed by atoms with Gasteiger partial charge in [-0.25, -0.2) is 0 Å². The van der Waals surface area contributed by atoms with Crippen molar-refractivity contribution in [1.82, 2.24) is 20.6 Å². The largest absolute Gasteiger partial charge is 0.317 e. The fourth-order valence-corrected chi connectivity index (χ4v) is 2.41. The Morgan fingerprint density at radius 1 is 0.762 bits per heavy atom. The van der Waals surface area contributed by atoms with Crippen LogP contribution in [-0.2, 0) is 0 Å². The number of hydrogen-bond donors (Lipinski definition) is 3. The summed E-state index contributed by atoms with van der Waals surface area (Å²) in [6.45, 7) is 10.6. The zero-order valence-electron chi connectivity index (χ0n) is 14.0. The van der Waals surface area contributed by atoms with Crippen molar-refractivity contribution in [3.8, 4) is 0 Å². The molecular weight excluding hydrogens is 303 g/mol. The molecule has 0 saturated carbocycles. The highest BCUT2D eigenvalue weighted by Gasteiger charge is 1.94. The van der Waals surface area contributed by atoms with Crippen LogP contribution in [0.3, 0.4) is 0 Å². The van der Waals surface area contributed by atoms with E-state index in [0.29, 0.717) is 8.08 Å². The lowest BCUT2D eigenvalue weighted by atomic mass is 10.4. The Kier molecular flexibility index (Phi) is 19.1.